The minimum absolute atomic E-state index is 0.157. The molecule has 1 saturated heterocycles. The number of hydrogen-bond donors (Lipinski definition) is 1. The second-order valence-corrected chi connectivity index (χ2v) is 2.99. The summed E-state index contributed by atoms with van der Waals surface area (Å²) in [4.78, 5) is 0. The van der Waals surface area contributed by atoms with Crippen LogP contribution in [-0.4, -0.2) is 23.4 Å². The van der Waals surface area contributed by atoms with Gasteiger partial charge in [-0.3, -0.25) is 0 Å². The Labute approximate surface area is 60.5 Å². The summed E-state index contributed by atoms with van der Waals surface area (Å²) in [6.07, 6.45) is 7.39. The predicted octanol–water partition coefficient (Wildman–Crippen LogP) is 0.855. The average Bonchev–Trinajstić information content (AvgIpc) is 2.62. The molecule has 0 aromatic rings. The van der Waals surface area contributed by atoms with E-state index in [1.807, 2.05) is 6.08 Å². The molecule has 0 radical (unpaired) electrons. The fraction of sp³-hybridized carbons (Fsp3) is 0.750. The van der Waals surface area contributed by atoms with Crippen LogP contribution < -0.4 is 0 Å². The van der Waals surface area contributed by atoms with Gasteiger partial charge in [-0.25, -0.2) is 0 Å². The summed E-state index contributed by atoms with van der Waals surface area (Å²) < 4.78 is 5.26. The highest BCUT2D eigenvalue weighted by molar-refractivity contribution is 4.99. The third-order valence-corrected chi connectivity index (χ3v) is 2.16. The Morgan fingerprint density at radius 1 is 1.40 bits per heavy atom. The molecule has 10 heavy (non-hydrogen) atoms. The molecule has 2 heteroatoms. The summed E-state index contributed by atoms with van der Waals surface area (Å²) in [5.41, 5.74) is 0. The third kappa shape index (κ3) is 1.09. The average molecular weight is 140 g/mol. The van der Waals surface area contributed by atoms with E-state index in [0.29, 0.717) is 6.10 Å². The summed E-state index contributed by atoms with van der Waals surface area (Å²) in [6, 6.07) is 0. The maximum atomic E-state index is 9.35. The highest BCUT2D eigenvalue weighted by Gasteiger charge is 2.43. The number of aliphatic hydroxyl groups excluding tert-OH is 1. The molecule has 0 spiro atoms. The maximum absolute atomic E-state index is 9.35. The van der Waals surface area contributed by atoms with Gasteiger partial charge in [-0.1, -0.05) is 12.2 Å². The normalized spacial score (nSPS) is 48.7. The van der Waals surface area contributed by atoms with Crippen molar-refractivity contribution in [1.82, 2.24) is 0 Å². The van der Waals surface area contributed by atoms with Crippen LogP contribution >= 0.6 is 0 Å². The second-order valence-electron chi connectivity index (χ2n) is 2.99. The van der Waals surface area contributed by atoms with Crippen molar-refractivity contribution in [2.45, 2.75) is 37.6 Å². The molecule has 1 fully saturated rings. The molecular weight excluding hydrogens is 128 g/mol. The Kier molecular flexibility index (Phi) is 1.51. The molecule has 1 heterocycles. The van der Waals surface area contributed by atoms with E-state index in [4.69, 9.17) is 4.74 Å². The molecule has 2 aliphatic rings. The summed E-state index contributed by atoms with van der Waals surface area (Å²) in [7, 11) is 0. The number of allylic oxidation sites excluding steroid dienone is 1. The minimum atomic E-state index is -0.249. The molecule has 56 valence electrons. The van der Waals surface area contributed by atoms with E-state index < -0.39 is 0 Å². The van der Waals surface area contributed by atoms with Crippen LogP contribution in [0.5, 0.6) is 0 Å². The van der Waals surface area contributed by atoms with Crippen LogP contribution in [0.2, 0.25) is 0 Å². The zero-order chi connectivity index (χ0) is 6.97. The van der Waals surface area contributed by atoms with E-state index >= 15 is 0 Å². The van der Waals surface area contributed by atoms with Crippen molar-refractivity contribution in [3.63, 3.8) is 0 Å². The molecule has 1 N–H and O–H groups in total. The van der Waals surface area contributed by atoms with Crippen LogP contribution in [0.3, 0.4) is 0 Å². The Morgan fingerprint density at radius 2 is 2.30 bits per heavy atom. The molecule has 2 nitrogen and oxygen atoms in total. The van der Waals surface area contributed by atoms with Crippen molar-refractivity contribution >= 4 is 0 Å². The minimum Gasteiger partial charge on any atom is -0.390 e. The first-order valence-corrected chi connectivity index (χ1v) is 3.86. The van der Waals surface area contributed by atoms with E-state index in [1.165, 1.54) is 0 Å². The SMILES string of the molecule is O[C@H]1C/C=C\CCC2OC21. The number of fused-ring (bicyclic) bond motifs is 1. The molecule has 2 rings (SSSR count). The fourth-order valence-corrected chi connectivity index (χ4v) is 1.48. The number of hydrogen-bond acceptors (Lipinski definition) is 2. The highest BCUT2D eigenvalue weighted by atomic mass is 16.6. The molecule has 0 aromatic carbocycles. The molecule has 1 aliphatic heterocycles. The zero-order valence-corrected chi connectivity index (χ0v) is 5.86. The van der Waals surface area contributed by atoms with Gasteiger partial charge in [0.1, 0.15) is 6.10 Å². The molecule has 3 atom stereocenters. The Hall–Kier alpha value is -0.340. The lowest BCUT2D eigenvalue weighted by Gasteiger charge is -2.04. The smallest absolute Gasteiger partial charge is 0.110 e. The van der Waals surface area contributed by atoms with Gasteiger partial charge < -0.3 is 9.84 Å². The molecule has 0 amide bonds. The fourth-order valence-electron chi connectivity index (χ4n) is 1.48. The first-order chi connectivity index (χ1) is 4.88. The van der Waals surface area contributed by atoms with E-state index in [1.54, 1.807) is 0 Å². The van der Waals surface area contributed by atoms with Crippen LogP contribution in [0.4, 0.5) is 0 Å². The van der Waals surface area contributed by atoms with Gasteiger partial charge in [-0.15, -0.1) is 0 Å². The lowest BCUT2D eigenvalue weighted by molar-refractivity contribution is 0.138. The molecule has 0 aromatic heterocycles. The van der Waals surface area contributed by atoms with Gasteiger partial charge in [0.05, 0.1) is 12.2 Å². The molecule has 2 unspecified atom stereocenters. The standard InChI is InChI=1S/C8H12O2/c9-6-4-2-1-3-5-7-8(6)10-7/h1-2,6-9H,3-5H2/b2-1-/t6-,7?,8?/m0/s1. The Morgan fingerprint density at radius 3 is 3.20 bits per heavy atom. The number of ether oxygens (including phenoxy) is 1. The van der Waals surface area contributed by atoms with Crippen molar-refractivity contribution in [3.8, 4) is 0 Å². The number of aliphatic hydroxyl groups is 1. The van der Waals surface area contributed by atoms with E-state index in [9.17, 15) is 5.11 Å². The summed E-state index contributed by atoms with van der Waals surface area (Å²) >= 11 is 0. The summed E-state index contributed by atoms with van der Waals surface area (Å²) in [5, 5.41) is 9.35. The Balaban J connectivity index is 1.98. The van der Waals surface area contributed by atoms with Crippen LogP contribution in [-0.2, 0) is 4.74 Å². The van der Waals surface area contributed by atoms with Crippen LogP contribution in [0.15, 0.2) is 12.2 Å². The van der Waals surface area contributed by atoms with Gasteiger partial charge in [-0.2, -0.15) is 0 Å². The number of rotatable bonds is 0. The van der Waals surface area contributed by atoms with Crippen molar-refractivity contribution in [2.75, 3.05) is 0 Å². The first kappa shape index (κ1) is 6.38. The second kappa shape index (κ2) is 2.36. The van der Waals surface area contributed by atoms with Gasteiger partial charge in [0, 0.05) is 0 Å². The third-order valence-electron chi connectivity index (χ3n) is 2.16. The van der Waals surface area contributed by atoms with Gasteiger partial charge >= 0.3 is 0 Å². The lowest BCUT2D eigenvalue weighted by atomic mass is 10.0. The van der Waals surface area contributed by atoms with E-state index in [0.717, 1.165) is 19.3 Å². The quantitative estimate of drug-likeness (QED) is 0.400. The topological polar surface area (TPSA) is 32.8 Å². The van der Waals surface area contributed by atoms with Crippen molar-refractivity contribution < 1.29 is 9.84 Å². The van der Waals surface area contributed by atoms with Crippen molar-refractivity contribution in [2.24, 2.45) is 0 Å². The van der Waals surface area contributed by atoms with Crippen molar-refractivity contribution in [3.05, 3.63) is 12.2 Å². The predicted molar refractivity (Wildman–Crippen MR) is 37.7 cm³/mol. The van der Waals surface area contributed by atoms with Gasteiger partial charge in [0.2, 0.25) is 0 Å². The Bertz CT molecular complexity index is 153. The van der Waals surface area contributed by atoms with Crippen LogP contribution in [0, 0.1) is 0 Å². The van der Waals surface area contributed by atoms with E-state index in [-0.39, 0.29) is 12.2 Å². The molecular formula is C8H12O2. The molecule has 0 saturated carbocycles. The summed E-state index contributed by atoms with van der Waals surface area (Å²) in [5.74, 6) is 0. The van der Waals surface area contributed by atoms with Gasteiger partial charge in [-0.05, 0) is 19.3 Å². The maximum Gasteiger partial charge on any atom is 0.110 e. The van der Waals surface area contributed by atoms with Gasteiger partial charge in [0.25, 0.3) is 0 Å². The van der Waals surface area contributed by atoms with E-state index in [2.05, 4.69) is 6.08 Å². The van der Waals surface area contributed by atoms with Crippen LogP contribution in [0.25, 0.3) is 0 Å². The van der Waals surface area contributed by atoms with Crippen LogP contribution in [0.1, 0.15) is 19.3 Å². The first-order valence-electron chi connectivity index (χ1n) is 3.86. The largest absolute Gasteiger partial charge is 0.390 e. The molecule has 0 bridgehead atoms. The summed E-state index contributed by atoms with van der Waals surface area (Å²) in [6.45, 7) is 0. The monoisotopic (exact) mass is 140 g/mol. The molecule has 1 aliphatic carbocycles. The highest BCUT2D eigenvalue weighted by Crippen LogP contribution is 2.32. The van der Waals surface area contributed by atoms with Gasteiger partial charge in [0.15, 0.2) is 0 Å². The lowest BCUT2D eigenvalue weighted by Crippen LogP contribution is -2.16. The number of epoxide rings is 1. The zero-order valence-electron chi connectivity index (χ0n) is 5.86. The van der Waals surface area contributed by atoms with Crippen molar-refractivity contribution in [1.29, 1.82) is 0 Å².